The van der Waals surface area contributed by atoms with E-state index >= 15 is 0 Å². The largest absolute Gasteiger partial charge is 0.493 e. The zero-order valence-electron chi connectivity index (χ0n) is 15.4. The molecule has 0 aromatic heterocycles. The Kier molecular flexibility index (Phi) is 7.06. The minimum Gasteiger partial charge on any atom is -0.493 e. The number of piperidine rings is 1. The van der Waals surface area contributed by atoms with Gasteiger partial charge in [0.05, 0.1) is 21.3 Å². The van der Waals surface area contributed by atoms with E-state index in [1.165, 1.54) is 21.3 Å². The zero-order valence-corrected chi connectivity index (χ0v) is 15.4. The average Bonchev–Trinajstić information content (AvgIpc) is 2.66. The maximum Gasteiger partial charge on any atom is 0.271 e. The smallest absolute Gasteiger partial charge is 0.271 e. The van der Waals surface area contributed by atoms with Gasteiger partial charge < -0.3 is 19.1 Å². The highest BCUT2D eigenvalue weighted by molar-refractivity contribution is 5.96. The first-order valence-electron chi connectivity index (χ1n) is 8.51. The van der Waals surface area contributed by atoms with Gasteiger partial charge in [0, 0.05) is 37.2 Å². The molecular weight excluding hydrogens is 322 g/mol. The summed E-state index contributed by atoms with van der Waals surface area (Å²) < 4.78 is 15.8. The van der Waals surface area contributed by atoms with Crippen LogP contribution >= 0.6 is 0 Å². The number of hydrazone groups is 1. The summed E-state index contributed by atoms with van der Waals surface area (Å²) >= 11 is 0. The van der Waals surface area contributed by atoms with Crippen LogP contribution in [0.3, 0.4) is 0 Å². The van der Waals surface area contributed by atoms with Crippen molar-refractivity contribution in [3.8, 4) is 17.2 Å². The van der Waals surface area contributed by atoms with Crippen molar-refractivity contribution in [3.63, 3.8) is 0 Å². The molecule has 1 saturated heterocycles. The maximum atomic E-state index is 12.4. The van der Waals surface area contributed by atoms with Crippen LogP contribution in [0.1, 0.15) is 36.5 Å². The number of rotatable bonds is 7. The minimum absolute atomic E-state index is 0.303. The number of hydrogen-bond acceptors (Lipinski definition) is 6. The van der Waals surface area contributed by atoms with Gasteiger partial charge in [0.2, 0.25) is 5.75 Å². The molecule has 0 saturated carbocycles. The van der Waals surface area contributed by atoms with E-state index in [2.05, 4.69) is 22.4 Å². The summed E-state index contributed by atoms with van der Waals surface area (Å²) in [4.78, 5) is 14.8. The van der Waals surface area contributed by atoms with Gasteiger partial charge in [-0.05, 0) is 25.1 Å². The number of amides is 1. The predicted molar refractivity (Wildman–Crippen MR) is 97.0 cm³/mol. The molecule has 1 amide bonds. The highest BCUT2D eigenvalue weighted by Crippen LogP contribution is 2.38. The summed E-state index contributed by atoms with van der Waals surface area (Å²) in [5, 5.41) is 4.29. The minimum atomic E-state index is -0.303. The van der Waals surface area contributed by atoms with Crippen LogP contribution in [0.5, 0.6) is 17.2 Å². The van der Waals surface area contributed by atoms with Crippen LogP contribution in [0.25, 0.3) is 0 Å². The zero-order chi connectivity index (χ0) is 18.2. The van der Waals surface area contributed by atoms with Crippen molar-refractivity contribution in [1.82, 2.24) is 10.3 Å². The summed E-state index contributed by atoms with van der Waals surface area (Å²) in [7, 11) is 4.56. The van der Waals surface area contributed by atoms with E-state index in [4.69, 9.17) is 14.2 Å². The summed E-state index contributed by atoms with van der Waals surface area (Å²) in [5.74, 6) is 1.03. The maximum absolute atomic E-state index is 12.4. The lowest BCUT2D eigenvalue weighted by Gasteiger charge is -2.26. The number of likely N-dealkylation sites (tertiary alicyclic amines) is 1. The fraction of sp³-hybridized carbons (Fsp3) is 0.556. The fourth-order valence-electron chi connectivity index (χ4n) is 2.87. The topological polar surface area (TPSA) is 72.4 Å². The highest BCUT2D eigenvalue weighted by atomic mass is 16.5. The molecule has 0 unspecified atom stereocenters. The van der Waals surface area contributed by atoms with Crippen molar-refractivity contribution in [2.24, 2.45) is 5.10 Å². The van der Waals surface area contributed by atoms with E-state index in [-0.39, 0.29) is 5.91 Å². The van der Waals surface area contributed by atoms with Gasteiger partial charge >= 0.3 is 0 Å². The van der Waals surface area contributed by atoms with Gasteiger partial charge in [0.15, 0.2) is 11.5 Å². The second-order valence-corrected chi connectivity index (χ2v) is 5.87. The fourth-order valence-corrected chi connectivity index (χ4v) is 2.87. The molecule has 7 nitrogen and oxygen atoms in total. The number of benzene rings is 1. The van der Waals surface area contributed by atoms with Crippen molar-refractivity contribution < 1.29 is 19.0 Å². The Morgan fingerprint density at radius 2 is 1.72 bits per heavy atom. The normalized spacial score (nSPS) is 14.8. The Labute approximate surface area is 148 Å². The van der Waals surface area contributed by atoms with Crippen molar-refractivity contribution in [1.29, 1.82) is 0 Å². The summed E-state index contributed by atoms with van der Waals surface area (Å²) in [6, 6.07) is 3.22. The van der Waals surface area contributed by atoms with E-state index in [1.807, 2.05) is 0 Å². The lowest BCUT2D eigenvalue weighted by atomic mass is 10.1. The van der Waals surface area contributed by atoms with Gasteiger partial charge in [-0.25, -0.2) is 5.43 Å². The number of ether oxygens (including phenoxy) is 3. The van der Waals surface area contributed by atoms with Crippen LogP contribution in [-0.2, 0) is 0 Å². The molecule has 0 bridgehead atoms. The molecular formula is C18H27N3O4. The Balaban J connectivity index is 2.05. The second kappa shape index (κ2) is 9.27. The van der Waals surface area contributed by atoms with Gasteiger partial charge in [-0.3, -0.25) is 4.79 Å². The van der Waals surface area contributed by atoms with Crippen molar-refractivity contribution in [2.45, 2.75) is 26.2 Å². The Morgan fingerprint density at radius 1 is 1.12 bits per heavy atom. The molecule has 25 heavy (non-hydrogen) atoms. The van der Waals surface area contributed by atoms with Gasteiger partial charge in [0.25, 0.3) is 5.91 Å². The van der Waals surface area contributed by atoms with Crippen LogP contribution < -0.4 is 19.6 Å². The number of nitrogens with one attached hydrogen (secondary N) is 1. The van der Waals surface area contributed by atoms with Gasteiger partial charge in [-0.2, -0.15) is 5.10 Å². The van der Waals surface area contributed by atoms with Crippen LogP contribution in [-0.4, -0.2) is 57.5 Å². The Bertz CT molecular complexity index is 596. The number of methoxy groups -OCH3 is 3. The van der Waals surface area contributed by atoms with Crippen LogP contribution in [0.4, 0.5) is 0 Å². The number of carbonyl (C=O) groups is 1. The van der Waals surface area contributed by atoms with Crippen LogP contribution in [0, 0.1) is 0 Å². The third-order valence-corrected chi connectivity index (χ3v) is 4.22. The molecule has 1 N–H and O–H groups in total. The summed E-state index contributed by atoms with van der Waals surface area (Å²) in [5.41, 5.74) is 4.06. The van der Waals surface area contributed by atoms with Crippen LogP contribution in [0.2, 0.25) is 0 Å². The van der Waals surface area contributed by atoms with Crippen molar-refractivity contribution in [2.75, 3.05) is 41.0 Å². The molecule has 2 rings (SSSR count). The molecule has 7 heteroatoms. The lowest BCUT2D eigenvalue weighted by molar-refractivity contribution is 0.0953. The van der Waals surface area contributed by atoms with Crippen LogP contribution in [0.15, 0.2) is 17.2 Å². The molecule has 1 heterocycles. The first-order chi connectivity index (χ1) is 12.1. The molecule has 0 atom stereocenters. The van der Waals surface area contributed by atoms with Gasteiger partial charge in [-0.15, -0.1) is 0 Å². The van der Waals surface area contributed by atoms with E-state index < -0.39 is 0 Å². The average molecular weight is 349 g/mol. The molecule has 1 aromatic rings. The SMILES string of the molecule is CCCN1CCC(=NNC(=O)c2cc(OC)c(OC)c(OC)c2)CC1. The van der Waals surface area contributed by atoms with Gasteiger partial charge in [-0.1, -0.05) is 6.92 Å². The van der Waals surface area contributed by atoms with E-state index in [0.717, 1.165) is 44.6 Å². The highest BCUT2D eigenvalue weighted by Gasteiger charge is 2.18. The first kappa shape index (κ1) is 19.1. The van der Waals surface area contributed by atoms with Crippen molar-refractivity contribution >= 4 is 11.6 Å². The number of nitrogens with zero attached hydrogens (tertiary/aromatic N) is 2. The summed E-state index contributed by atoms with van der Waals surface area (Å²) in [6.45, 7) is 5.28. The van der Waals surface area contributed by atoms with E-state index in [9.17, 15) is 4.79 Å². The Hall–Kier alpha value is -2.28. The third-order valence-electron chi connectivity index (χ3n) is 4.22. The standard InChI is InChI=1S/C18H27N3O4/c1-5-8-21-9-6-14(7-10-21)19-20-18(22)13-11-15(23-2)17(25-4)16(12-13)24-3/h11-12H,5-10H2,1-4H3,(H,20,22). The van der Waals surface area contributed by atoms with Gasteiger partial charge in [0.1, 0.15) is 0 Å². The van der Waals surface area contributed by atoms with E-state index in [0.29, 0.717) is 22.8 Å². The summed E-state index contributed by atoms with van der Waals surface area (Å²) in [6.07, 6.45) is 2.93. The number of carbonyl (C=O) groups excluding carboxylic acids is 1. The third kappa shape index (κ3) is 4.85. The molecule has 0 aliphatic carbocycles. The molecule has 1 aromatic carbocycles. The predicted octanol–water partition coefficient (Wildman–Crippen LogP) is 2.30. The molecule has 0 radical (unpaired) electrons. The van der Waals surface area contributed by atoms with Crippen molar-refractivity contribution in [3.05, 3.63) is 17.7 Å². The first-order valence-corrected chi connectivity index (χ1v) is 8.51. The molecule has 1 aliphatic heterocycles. The molecule has 138 valence electrons. The van der Waals surface area contributed by atoms with E-state index in [1.54, 1.807) is 12.1 Å². The second-order valence-electron chi connectivity index (χ2n) is 5.87. The molecule has 0 spiro atoms. The number of hydrogen-bond donors (Lipinski definition) is 1. The molecule has 1 aliphatic rings. The quantitative estimate of drug-likeness (QED) is 0.765. The lowest BCUT2D eigenvalue weighted by Crippen LogP contribution is -2.35. The molecule has 1 fully saturated rings. The Morgan fingerprint density at radius 3 is 2.20 bits per heavy atom. The monoisotopic (exact) mass is 349 g/mol.